The number of carbonyl (C=O) groups excluding carboxylic acids is 2. The molecular weight excluding hydrogens is 348 g/mol. The van der Waals surface area contributed by atoms with Gasteiger partial charge in [0.1, 0.15) is 5.75 Å². The van der Waals surface area contributed by atoms with Crippen LogP contribution in [0.3, 0.4) is 0 Å². The van der Waals surface area contributed by atoms with E-state index in [1.807, 2.05) is 42.7 Å². The summed E-state index contributed by atoms with van der Waals surface area (Å²) in [7, 11) is 1.56. The minimum Gasteiger partial charge on any atom is -0.496 e. The van der Waals surface area contributed by atoms with Crippen LogP contribution in [0.2, 0.25) is 0 Å². The Hall–Kier alpha value is -2.47. The summed E-state index contributed by atoms with van der Waals surface area (Å²) in [6.07, 6.45) is 3.51. The Morgan fingerprint density at radius 2 is 2.00 bits per heavy atom. The summed E-state index contributed by atoms with van der Waals surface area (Å²) in [5, 5.41) is 2.92. The Morgan fingerprint density at radius 1 is 1.23 bits per heavy atom. The largest absolute Gasteiger partial charge is 0.496 e. The fraction of sp³-hybridized carbons (Fsp3) is 0.300. The molecule has 2 amide bonds. The SMILES string of the molecule is COc1cc(SC)ccc1C(=O)NCc1ccc(N2CCCC2=O)cc1. The lowest BCUT2D eigenvalue weighted by Crippen LogP contribution is -2.24. The minimum absolute atomic E-state index is 0.173. The molecule has 5 nitrogen and oxygen atoms in total. The molecule has 0 atom stereocenters. The molecule has 1 fully saturated rings. The van der Waals surface area contributed by atoms with E-state index in [0.29, 0.717) is 24.3 Å². The van der Waals surface area contributed by atoms with E-state index < -0.39 is 0 Å². The maximum Gasteiger partial charge on any atom is 0.255 e. The van der Waals surface area contributed by atoms with E-state index in [9.17, 15) is 9.59 Å². The number of amides is 2. The molecule has 0 aliphatic carbocycles. The molecule has 0 spiro atoms. The van der Waals surface area contributed by atoms with Gasteiger partial charge in [-0.15, -0.1) is 11.8 Å². The maximum atomic E-state index is 12.5. The quantitative estimate of drug-likeness (QED) is 0.791. The van der Waals surface area contributed by atoms with Crippen molar-refractivity contribution in [3.05, 3.63) is 53.6 Å². The van der Waals surface area contributed by atoms with E-state index in [0.717, 1.165) is 29.1 Å². The third-order valence-electron chi connectivity index (χ3n) is 4.43. The monoisotopic (exact) mass is 370 g/mol. The summed E-state index contributed by atoms with van der Waals surface area (Å²) < 4.78 is 5.33. The van der Waals surface area contributed by atoms with Crippen molar-refractivity contribution in [3.63, 3.8) is 0 Å². The van der Waals surface area contributed by atoms with E-state index in [4.69, 9.17) is 4.74 Å². The van der Waals surface area contributed by atoms with Crippen LogP contribution < -0.4 is 15.0 Å². The molecule has 0 radical (unpaired) electrons. The van der Waals surface area contributed by atoms with Crippen molar-refractivity contribution in [1.82, 2.24) is 5.32 Å². The second-order valence-electron chi connectivity index (χ2n) is 6.06. The van der Waals surface area contributed by atoms with Crippen molar-refractivity contribution in [2.75, 3.05) is 24.8 Å². The molecule has 1 aliphatic rings. The number of thioether (sulfide) groups is 1. The summed E-state index contributed by atoms with van der Waals surface area (Å²) >= 11 is 1.60. The van der Waals surface area contributed by atoms with Crippen LogP contribution in [0.1, 0.15) is 28.8 Å². The number of anilines is 1. The summed E-state index contributed by atoms with van der Waals surface area (Å²) in [6.45, 7) is 1.20. The third kappa shape index (κ3) is 4.02. The number of ether oxygens (including phenoxy) is 1. The van der Waals surface area contributed by atoms with E-state index in [1.54, 1.807) is 29.8 Å². The maximum absolute atomic E-state index is 12.5. The highest BCUT2D eigenvalue weighted by atomic mass is 32.2. The van der Waals surface area contributed by atoms with Crippen LogP contribution in [0.25, 0.3) is 0 Å². The van der Waals surface area contributed by atoms with Crippen molar-refractivity contribution >= 4 is 29.3 Å². The number of benzene rings is 2. The summed E-state index contributed by atoms with van der Waals surface area (Å²) in [6, 6.07) is 13.3. The second-order valence-corrected chi connectivity index (χ2v) is 6.94. The normalized spacial score (nSPS) is 13.8. The molecule has 1 heterocycles. The molecule has 26 heavy (non-hydrogen) atoms. The van der Waals surface area contributed by atoms with Gasteiger partial charge in [0, 0.05) is 30.1 Å². The molecule has 2 aromatic rings. The number of carbonyl (C=O) groups is 2. The van der Waals surface area contributed by atoms with Gasteiger partial charge in [0.2, 0.25) is 5.91 Å². The summed E-state index contributed by atoms with van der Waals surface area (Å²) in [5.74, 6) is 0.567. The molecule has 1 saturated heterocycles. The van der Waals surface area contributed by atoms with Crippen molar-refractivity contribution in [2.45, 2.75) is 24.3 Å². The van der Waals surface area contributed by atoms with Gasteiger partial charge in [-0.2, -0.15) is 0 Å². The highest BCUT2D eigenvalue weighted by Crippen LogP contribution is 2.25. The first-order chi connectivity index (χ1) is 12.6. The van der Waals surface area contributed by atoms with Crippen LogP contribution in [0.4, 0.5) is 5.69 Å². The molecule has 0 aromatic heterocycles. The first-order valence-corrected chi connectivity index (χ1v) is 9.74. The number of nitrogens with zero attached hydrogens (tertiary/aromatic N) is 1. The van der Waals surface area contributed by atoms with Crippen LogP contribution in [0.15, 0.2) is 47.4 Å². The Labute approximate surface area is 157 Å². The van der Waals surface area contributed by atoms with Crippen molar-refractivity contribution in [1.29, 1.82) is 0 Å². The van der Waals surface area contributed by atoms with Gasteiger partial charge in [-0.3, -0.25) is 9.59 Å². The van der Waals surface area contributed by atoms with Crippen LogP contribution in [-0.2, 0) is 11.3 Å². The highest BCUT2D eigenvalue weighted by molar-refractivity contribution is 7.98. The average molecular weight is 370 g/mol. The number of hydrogen-bond acceptors (Lipinski definition) is 4. The van der Waals surface area contributed by atoms with Gasteiger partial charge < -0.3 is 15.0 Å². The van der Waals surface area contributed by atoms with Gasteiger partial charge in [0.25, 0.3) is 5.91 Å². The number of rotatable bonds is 6. The van der Waals surface area contributed by atoms with Crippen LogP contribution >= 0.6 is 11.8 Å². The highest BCUT2D eigenvalue weighted by Gasteiger charge is 2.21. The molecule has 0 saturated carbocycles. The predicted molar refractivity (Wildman–Crippen MR) is 104 cm³/mol. The third-order valence-corrected chi connectivity index (χ3v) is 5.15. The van der Waals surface area contributed by atoms with Gasteiger partial charge in [-0.05, 0) is 48.6 Å². The Balaban J connectivity index is 1.63. The van der Waals surface area contributed by atoms with Crippen LogP contribution in [0.5, 0.6) is 5.75 Å². The molecule has 2 aromatic carbocycles. The van der Waals surface area contributed by atoms with E-state index in [2.05, 4.69) is 5.32 Å². The molecule has 1 aliphatic heterocycles. The lowest BCUT2D eigenvalue weighted by molar-refractivity contribution is -0.117. The fourth-order valence-corrected chi connectivity index (χ4v) is 3.41. The molecule has 3 rings (SSSR count). The van der Waals surface area contributed by atoms with Crippen molar-refractivity contribution in [3.8, 4) is 5.75 Å². The van der Waals surface area contributed by atoms with Gasteiger partial charge in [0.05, 0.1) is 12.7 Å². The summed E-state index contributed by atoms with van der Waals surface area (Å²) in [4.78, 5) is 27.1. The molecular formula is C20H22N2O3S. The van der Waals surface area contributed by atoms with Gasteiger partial charge in [-0.25, -0.2) is 0 Å². The van der Waals surface area contributed by atoms with E-state index in [1.165, 1.54) is 0 Å². The second kappa shape index (κ2) is 8.27. The number of hydrogen-bond donors (Lipinski definition) is 1. The fourth-order valence-electron chi connectivity index (χ4n) is 2.98. The predicted octanol–water partition coefficient (Wildman–Crippen LogP) is 3.47. The molecule has 6 heteroatoms. The average Bonchev–Trinajstić information content (AvgIpc) is 3.11. The van der Waals surface area contributed by atoms with Gasteiger partial charge in [0.15, 0.2) is 0 Å². The topological polar surface area (TPSA) is 58.6 Å². The number of methoxy groups -OCH3 is 1. The zero-order chi connectivity index (χ0) is 18.5. The summed E-state index contributed by atoms with van der Waals surface area (Å²) in [5.41, 5.74) is 2.41. The molecule has 1 N–H and O–H groups in total. The Morgan fingerprint density at radius 3 is 2.62 bits per heavy atom. The lowest BCUT2D eigenvalue weighted by Gasteiger charge is -2.16. The number of nitrogens with one attached hydrogen (secondary N) is 1. The Bertz CT molecular complexity index is 805. The first kappa shape index (κ1) is 18.3. The standard InChI is InChI=1S/C20H22N2O3S/c1-25-18-12-16(26-2)9-10-17(18)20(24)21-13-14-5-7-15(8-6-14)22-11-3-4-19(22)23/h5-10,12H,3-4,11,13H2,1-2H3,(H,21,24). The lowest BCUT2D eigenvalue weighted by atomic mass is 10.1. The van der Waals surface area contributed by atoms with Crippen LogP contribution in [0, 0.1) is 0 Å². The zero-order valence-corrected chi connectivity index (χ0v) is 15.8. The molecule has 0 bridgehead atoms. The van der Waals surface area contributed by atoms with E-state index in [-0.39, 0.29) is 11.8 Å². The van der Waals surface area contributed by atoms with Gasteiger partial charge >= 0.3 is 0 Å². The van der Waals surface area contributed by atoms with E-state index >= 15 is 0 Å². The van der Waals surface area contributed by atoms with Crippen LogP contribution in [-0.4, -0.2) is 31.7 Å². The Kier molecular flexibility index (Phi) is 5.83. The minimum atomic E-state index is -0.173. The van der Waals surface area contributed by atoms with Gasteiger partial charge in [-0.1, -0.05) is 12.1 Å². The zero-order valence-electron chi connectivity index (χ0n) is 15.0. The molecule has 0 unspecified atom stereocenters. The van der Waals surface area contributed by atoms with Crippen molar-refractivity contribution in [2.24, 2.45) is 0 Å². The smallest absolute Gasteiger partial charge is 0.255 e. The van der Waals surface area contributed by atoms with Crippen molar-refractivity contribution < 1.29 is 14.3 Å². The first-order valence-electron chi connectivity index (χ1n) is 8.52. The molecule has 136 valence electrons.